The zero-order valence-corrected chi connectivity index (χ0v) is 26.7. The molecule has 0 atom stereocenters. The van der Waals surface area contributed by atoms with Gasteiger partial charge in [0.25, 0.3) is 0 Å². The highest BCUT2D eigenvalue weighted by atomic mass is 29.3. The molecular formula is C28H44O10Si2. The third-order valence-electron chi connectivity index (χ3n) is 5.14. The highest BCUT2D eigenvalue weighted by molar-refractivity contribution is 7.19. The summed E-state index contributed by atoms with van der Waals surface area (Å²) in [5.41, 5.74) is 4.36. The van der Waals surface area contributed by atoms with Crippen LogP contribution in [0.1, 0.15) is 60.8 Å². The monoisotopic (exact) mass is 596 g/mol. The van der Waals surface area contributed by atoms with Crippen LogP contribution >= 0.6 is 0 Å². The topological polar surface area (TPSA) is 124 Å². The lowest BCUT2D eigenvalue weighted by atomic mass is 10.1. The minimum absolute atomic E-state index is 0.165. The molecule has 0 aromatic carbocycles. The Bertz CT molecular complexity index is 913. The van der Waals surface area contributed by atoms with E-state index in [1.807, 2.05) is 6.92 Å². The Morgan fingerprint density at radius 1 is 0.675 bits per heavy atom. The second kappa shape index (κ2) is 20.2. The molecule has 0 bridgehead atoms. The zero-order chi connectivity index (χ0) is 30.7. The lowest BCUT2D eigenvalue weighted by Gasteiger charge is -2.27. The smallest absolute Gasteiger partial charge is 0.460 e. The predicted octanol–water partition coefficient (Wildman–Crippen LogP) is 4.46. The lowest BCUT2D eigenvalue weighted by molar-refractivity contribution is -0.140. The highest BCUT2D eigenvalue weighted by Crippen LogP contribution is 2.16. The molecule has 0 rings (SSSR count). The molecule has 10 nitrogen and oxygen atoms in total. The number of hydrogen-bond donors (Lipinski definition) is 0. The average molecular weight is 597 g/mol. The molecule has 0 spiro atoms. The number of ether oxygens (including phenoxy) is 3. The van der Waals surface area contributed by atoms with Crippen molar-refractivity contribution in [1.29, 1.82) is 0 Å². The van der Waals surface area contributed by atoms with Crippen LogP contribution < -0.4 is 0 Å². The number of esters is 3. The zero-order valence-electron chi connectivity index (χ0n) is 24.7. The molecule has 0 N–H and O–H groups in total. The van der Waals surface area contributed by atoms with Gasteiger partial charge in [0.1, 0.15) is 19.8 Å². The van der Waals surface area contributed by atoms with Crippen LogP contribution in [0, 0.1) is 0 Å². The second-order valence-electron chi connectivity index (χ2n) is 9.15. The van der Waals surface area contributed by atoms with Crippen LogP contribution in [-0.2, 0) is 46.3 Å². The summed E-state index contributed by atoms with van der Waals surface area (Å²) in [6.07, 6.45) is 4.52. The lowest BCUT2D eigenvalue weighted by Crippen LogP contribution is -2.56. The van der Waals surface area contributed by atoms with Gasteiger partial charge < -0.3 is 32.0 Å². The van der Waals surface area contributed by atoms with E-state index < -0.39 is 34.4 Å². The van der Waals surface area contributed by atoms with Crippen LogP contribution in [0.5, 0.6) is 0 Å². The first-order valence-corrected chi connectivity index (χ1v) is 17.2. The van der Waals surface area contributed by atoms with Crippen molar-refractivity contribution in [3.8, 4) is 0 Å². The predicted molar refractivity (Wildman–Crippen MR) is 154 cm³/mol. The Labute approximate surface area is 240 Å². The van der Waals surface area contributed by atoms with E-state index in [-0.39, 0.29) is 56.4 Å². The highest BCUT2D eigenvalue weighted by Gasteiger charge is 2.51. The van der Waals surface area contributed by atoms with Crippen LogP contribution in [-0.4, -0.2) is 74.1 Å². The van der Waals surface area contributed by atoms with E-state index in [0.29, 0.717) is 6.42 Å². The summed E-state index contributed by atoms with van der Waals surface area (Å²) in [6.45, 7) is 20.1. The molecule has 0 heterocycles. The number of allylic oxidation sites excluding steroid dienone is 3. The number of hydrogen-bond acceptors (Lipinski definition) is 10. The molecule has 0 aromatic rings. The van der Waals surface area contributed by atoms with E-state index in [2.05, 4.69) is 39.7 Å². The van der Waals surface area contributed by atoms with Gasteiger partial charge in [0, 0.05) is 16.7 Å². The number of carbonyl (C=O) groups excluding carboxylic acids is 3. The van der Waals surface area contributed by atoms with Crippen LogP contribution in [0.2, 0.25) is 0 Å². The Morgan fingerprint density at radius 2 is 1.05 bits per heavy atom. The molecule has 0 amide bonds. The van der Waals surface area contributed by atoms with Gasteiger partial charge in [-0.1, -0.05) is 43.9 Å². The molecule has 0 unspecified atom stereocenters. The third-order valence-corrected chi connectivity index (χ3v) is 11.8. The van der Waals surface area contributed by atoms with E-state index >= 15 is 0 Å². The standard InChI is InChI=1S/C28H44O10Si2/c1-10-24(8)12-11-13-25(9)20-39(32)40(36-17-14-33-26(29)21(2)3,37-18-15-34-27(30)22(4)5)38-19-16-35-28(31)23(6)7/h12,20H,2,4,6,10-11,13-19H2,1,3,5,7-9H3/b24-12?,25-20-. The first-order chi connectivity index (χ1) is 18.8. The molecule has 0 saturated heterocycles. The normalized spacial score (nSPS) is 11.9. The number of rotatable bonds is 21. The van der Waals surface area contributed by atoms with E-state index in [4.69, 9.17) is 27.5 Å². The Kier molecular flexibility index (Phi) is 18.8. The van der Waals surface area contributed by atoms with Crippen molar-refractivity contribution in [2.75, 3.05) is 39.6 Å². The van der Waals surface area contributed by atoms with E-state index in [9.17, 15) is 18.8 Å². The fourth-order valence-corrected chi connectivity index (χ4v) is 8.68. The van der Waals surface area contributed by atoms with Gasteiger partial charge in [0.05, 0.1) is 19.8 Å². The molecule has 0 aromatic heterocycles. The molecular weight excluding hydrogens is 552 g/mol. The Hall–Kier alpha value is -2.78. The van der Waals surface area contributed by atoms with Gasteiger partial charge in [-0.05, 0) is 59.6 Å². The first kappa shape index (κ1) is 37.2. The van der Waals surface area contributed by atoms with Crippen molar-refractivity contribution in [3.63, 3.8) is 0 Å². The quantitative estimate of drug-likeness (QED) is 0.0469. The summed E-state index contributed by atoms with van der Waals surface area (Å²) in [4.78, 5) is 35.3. The van der Waals surface area contributed by atoms with Crippen molar-refractivity contribution in [2.45, 2.75) is 60.8 Å². The minimum atomic E-state index is -4.01. The van der Waals surface area contributed by atoms with Gasteiger partial charge in [-0.25, -0.2) is 14.4 Å². The van der Waals surface area contributed by atoms with Gasteiger partial charge in [0.15, 0.2) is 0 Å². The maximum absolute atomic E-state index is 13.8. The van der Waals surface area contributed by atoms with Crippen molar-refractivity contribution < 1.29 is 46.3 Å². The SMILES string of the molecule is C=C(C)C(=O)OCCO[Si](OCCOC(=O)C(=C)C)(OCCOC(=O)C(=C)C)[Si](=O)/C=C(/C)CCC=C(C)CC. The molecule has 0 aliphatic rings. The van der Waals surface area contributed by atoms with E-state index in [1.54, 1.807) is 5.70 Å². The molecule has 0 radical (unpaired) electrons. The summed E-state index contributed by atoms with van der Waals surface area (Å²) in [5.74, 6) is -1.81. The molecule has 0 aliphatic heterocycles. The number of carbonyl (C=O) groups is 3. The van der Waals surface area contributed by atoms with Gasteiger partial charge >= 0.3 is 34.4 Å². The minimum Gasteiger partial charge on any atom is -0.460 e. The van der Waals surface area contributed by atoms with E-state index in [1.165, 1.54) is 26.3 Å². The van der Waals surface area contributed by atoms with Crippen LogP contribution in [0.15, 0.2) is 59.4 Å². The van der Waals surface area contributed by atoms with Crippen LogP contribution in [0.4, 0.5) is 0 Å². The van der Waals surface area contributed by atoms with Crippen molar-refractivity contribution in [3.05, 3.63) is 59.4 Å². The molecule has 0 saturated carbocycles. The van der Waals surface area contributed by atoms with E-state index in [0.717, 1.165) is 18.4 Å². The summed E-state index contributed by atoms with van der Waals surface area (Å²) >= 11 is 0. The molecule has 40 heavy (non-hydrogen) atoms. The fourth-order valence-electron chi connectivity index (χ4n) is 2.71. The molecule has 12 heteroatoms. The average Bonchev–Trinajstić information content (AvgIpc) is 2.89. The third kappa shape index (κ3) is 15.7. The maximum atomic E-state index is 13.8. The van der Waals surface area contributed by atoms with Gasteiger partial charge in [-0.15, -0.1) is 0 Å². The van der Waals surface area contributed by atoms with Crippen molar-refractivity contribution >= 4 is 34.4 Å². The van der Waals surface area contributed by atoms with Gasteiger partial charge in [-0.3, -0.25) is 0 Å². The van der Waals surface area contributed by atoms with Gasteiger partial charge in [-0.2, -0.15) is 0 Å². The summed E-state index contributed by atoms with van der Waals surface area (Å²) in [5, 5.41) is 0. The molecule has 224 valence electrons. The summed E-state index contributed by atoms with van der Waals surface area (Å²) in [6, 6.07) is 0. The fraction of sp³-hybridized carbons (Fsp3) is 0.536. The maximum Gasteiger partial charge on any atom is 0.546 e. The van der Waals surface area contributed by atoms with Crippen LogP contribution in [0.3, 0.4) is 0 Å². The summed E-state index contributed by atoms with van der Waals surface area (Å²) in [7, 11) is -6.84. The largest absolute Gasteiger partial charge is 0.546 e. The molecule has 0 fully saturated rings. The summed E-state index contributed by atoms with van der Waals surface area (Å²) < 4.78 is 46.8. The van der Waals surface area contributed by atoms with Gasteiger partial charge in [0.2, 0.25) is 0 Å². The Balaban J connectivity index is 5.87. The molecule has 0 aliphatic carbocycles. The Morgan fingerprint density at radius 3 is 1.38 bits per heavy atom. The van der Waals surface area contributed by atoms with Crippen molar-refractivity contribution in [2.24, 2.45) is 0 Å². The second-order valence-corrected chi connectivity index (χ2v) is 15.5. The van der Waals surface area contributed by atoms with Crippen LogP contribution in [0.25, 0.3) is 0 Å². The first-order valence-electron chi connectivity index (χ1n) is 13.0. The van der Waals surface area contributed by atoms with Crippen molar-refractivity contribution in [1.82, 2.24) is 0 Å².